The monoisotopic (exact) mass is 579 g/mol. The van der Waals surface area contributed by atoms with Gasteiger partial charge in [0.15, 0.2) is 11.5 Å². The van der Waals surface area contributed by atoms with Gasteiger partial charge in [0.2, 0.25) is 0 Å². The minimum absolute atomic E-state index is 0.237. The van der Waals surface area contributed by atoms with E-state index in [1.807, 2.05) is 36.4 Å². The topological polar surface area (TPSA) is 58.3 Å². The van der Waals surface area contributed by atoms with Gasteiger partial charge in [0, 0.05) is 35.2 Å². The zero-order valence-electron chi connectivity index (χ0n) is 21.9. The number of hydrogen-bond acceptors (Lipinski definition) is 4. The van der Waals surface area contributed by atoms with Crippen LogP contribution in [-0.2, 0) is 12.0 Å². The number of benzene rings is 3. The molecule has 1 saturated heterocycles. The molecule has 0 aliphatic carbocycles. The fraction of sp³-hybridized carbons (Fsp3) is 0.310. The van der Waals surface area contributed by atoms with Crippen molar-refractivity contribution >= 4 is 21.1 Å². The third kappa shape index (κ3) is 4.69. The van der Waals surface area contributed by atoms with Crippen LogP contribution >= 0.6 is 10.2 Å². The average molecular weight is 580 g/mol. The van der Waals surface area contributed by atoms with Crippen LogP contribution < -0.4 is 20.1 Å². The summed E-state index contributed by atoms with van der Waals surface area (Å²) in [4.78, 5) is 1.73. The van der Waals surface area contributed by atoms with E-state index in [1.165, 1.54) is 5.56 Å². The fourth-order valence-corrected chi connectivity index (χ4v) is 6.98. The van der Waals surface area contributed by atoms with Crippen LogP contribution in [0.3, 0.4) is 0 Å². The molecule has 1 fully saturated rings. The summed E-state index contributed by atoms with van der Waals surface area (Å²) in [6.07, 6.45) is 1.98. The highest BCUT2D eigenvalue weighted by Crippen LogP contribution is 3.02. The van der Waals surface area contributed by atoms with Crippen LogP contribution in [0.25, 0.3) is 10.9 Å². The van der Waals surface area contributed by atoms with Gasteiger partial charge >= 0.3 is 10.2 Å². The molecule has 0 radical (unpaired) electrons. The van der Waals surface area contributed by atoms with E-state index in [0.29, 0.717) is 42.0 Å². The van der Waals surface area contributed by atoms with Gasteiger partial charge in [-0.15, -0.1) is 0 Å². The minimum Gasteiger partial charge on any atom is -0.493 e. The van der Waals surface area contributed by atoms with Gasteiger partial charge in [-0.25, -0.2) is 0 Å². The summed E-state index contributed by atoms with van der Waals surface area (Å²) >= 11 is 0. The number of ether oxygens (including phenoxy) is 2. The highest BCUT2D eigenvalue weighted by atomic mass is 32.5. The van der Waals surface area contributed by atoms with Crippen molar-refractivity contribution in [3.05, 3.63) is 89.1 Å². The Hall–Kier alpha value is -3.28. The second kappa shape index (κ2) is 8.61. The Morgan fingerprint density at radius 3 is 2.12 bits per heavy atom. The molecule has 214 valence electrons. The highest BCUT2D eigenvalue weighted by molar-refractivity contribution is 8.45. The SMILES string of the molecule is COc1ccc([C@@H]2C[C@]3(C[C@H](c4ccc(S(F)(F)(F)(F)F)cc4)N2)NCCc2c3[nH]c3ccccc23)cc1OC. The summed E-state index contributed by atoms with van der Waals surface area (Å²) in [6, 6.07) is 16.4. The first-order valence-corrected chi connectivity index (χ1v) is 14.9. The highest BCUT2D eigenvalue weighted by Gasteiger charge is 2.65. The zero-order valence-corrected chi connectivity index (χ0v) is 22.8. The van der Waals surface area contributed by atoms with Crippen molar-refractivity contribution in [1.29, 1.82) is 0 Å². The maximum Gasteiger partial charge on any atom is 0.310 e. The number of halogens is 5. The molecule has 4 aromatic rings. The quantitative estimate of drug-likeness (QED) is 0.210. The van der Waals surface area contributed by atoms with Gasteiger partial charge in [0.25, 0.3) is 0 Å². The molecule has 2 aliphatic heterocycles. The standard InChI is InChI=1S/C29H30F5N3O2S/c1-38-26-12-9-19(15-27(26)39-2)25-17-29(28-22(13-14-35-29)21-5-3-4-6-23(21)37-28)16-24(36-25)18-7-10-20(11-8-18)40(30,31,32,33)34/h3-12,15,24-25,35-37H,13-14,16-17H2,1-2H3/t24-,25+,29+/m1/s1. The number of fused-ring (bicyclic) bond motifs is 4. The van der Waals surface area contributed by atoms with Gasteiger partial charge in [0.1, 0.15) is 4.90 Å². The van der Waals surface area contributed by atoms with Crippen molar-refractivity contribution < 1.29 is 28.9 Å². The number of para-hydroxylation sites is 1. The van der Waals surface area contributed by atoms with Crippen molar-refractivity contribution in [2.24, 2.45) is 0 Å². The van der Waals surface area contributed by atoms with E-state index in [-0.39, 0.29) is 6.04 Å². The molecule has 1 aromatic heterocycles. The first kappa shape index (κ1) is 26.9. The van der Waals surface area contributed by atoms with Crippen molar-refractivity contribution in [1.82, 2.24) is 15.6 Å². The number of H-pyrrole nitrogens is 1. The summed E-state index contributed by atoms with van der Waals surface area (Å²) in [5.41, 5.74) is 4.17. The molecular formula is C29H30F5N3O2S. The second-order valence-corrected chi connectivity index (χ2v) is 13.0. The van der Waals surface area contributed by atoms with Crippen molar-refractivity contribution in [2.75, 3.05) is 20.8 Å². The van der Waals surface area contributed by atoms with Crippen LogP contribution in [0.5, 0.6) is 11.5 Å². The molecule has 0 unspecified atom stereocenters. The number of hydrogen-bond donors (Lipinski definition) is 3. The fourth-order valence-electron chi connectivity index (χ4n) is 6.33. The predicted molar refractivity (Wildman–Crippen MR) is 147 cm³/mol. The third-order valence-electron chi connectivity index (χ3n) is 8.18. The predicted octanol–water partition coefficient (Wildman–Crippen LogP) is 8.05. The Morgan fingerprint density at radius 1 is 0.800 bits per heavy atom. The van der Waals surface area contributed by atoms with Crippen molar-refractivity contribution in [2.45, 2.75) is 41.8 Å². The molecule has 3 aromatic carbocycles. The molecule has 5 nitrogen and oxygen atoms in total. The Labute approximate surface area is 228 Å². The van der Waals surface area contributed by atoms with Crippen LogP contribution in [0.1, 0.15) is 47.3 Å². The molecule has 3 N–H and O–H groups in total. The van der Waals surface area contributed by atoms with E-state index in [2.05, 4.69) is 21.7 Å². The van der Waals surface area contributed by atoms with Crippen LogP contribution in [0, 0.1) is 0 Å². The largest absolute Gasteiger partial charge is 0.493 e. The van der Waals surface area contributed by atoms with E-state index in [9.17, 15) is 19.4 Å². The number of rotatable bonds is 5. The van der Waals surface area contributed by atoms with Crippen LogP contribution in [-0.4, -0.2) is 25.7 Å². The number of methoxy groups -OCH3 is 2. The Morgan fingerprint density at radius 2 is 1.45 bits per heavy atom. The van der Waals surface area contributed by atoms with Crippen molar-refractivity contribution in [3.63, 3.8) is 0 Å². The lowest BCUT2D eigenvalue weighted by Gasteiger charge is -2.48. The molecule has 11 heteroatoms. The molecular weight excluding hydrogens is 549 g/mol. The summed E-state index contributed by atoms with van der Waals surface area (Å²) in [5, 5.41) is 8.46. The number of aromatic nitrogens is 1. The average Bonchev–Trinajstić information content (AvgIpc) is 3.32. The van der Waals surface area contributed by atoms with E-state index >= 15 is 0 Å². The maximum atomic E-state index is 13.4. The molecule has 6 rings (SSSR count). The lowest BCUT2D eigenvalue weighted by Crippen LogP contribution is -2.55. The Balaban J connectivity index is 1.46. The van der Waals surface area contributed by atoms with E-state index < -0.39 is 26.7 Å². The first-order chi connectivity index (χ1) is 18.8. The number of aromatic amines is 1. The molecule has 1 spiro atoms. The number of piperidine rings is 1. The Kier molecular flexibility index (Phi) is 5.79. The molecule has 2 aliphatic rings. The molecule has 40 heavy (non-hydrogen) atoms. The number of nitrogens with one attached hydrogen (secondary N) is 3. The molecule has 0 bridgehead atoms. The third-order valence-corrected chi connectivity index (χ3v) is 9.34. The van der Waals surface area contributed by atoms with E-state index in [0.717, 1.165) is 47.3 Å². The Bertz CT molecular complexity index is 1590. The second-order valence-electron chi connectivity index (χ2n) is 10.6. The first-order valence-electron chi connectivity index (χ1n) is 13.0. The summed E-state index contributed by atoms with van der Waals surface area (Å²) in [5.74, 6) is 1.13. The van der Waals surface area contributed by atoms with E-state index in [1.54, 1.807) is 14.2 Å². The van der Waals surface area contributed by atoms with Gasteiger partial charge in [-0.1, -0.05) is 55.8 Å². The molecule has 3 atom stereocenters. The van der Waals surface area contributed by atoms with Gasteiger partial charge in [-0.3, -0.25) is 0 Å². The van der Waals surface area contributed by atoms with Crippen molar-refractivity contribution in [3.8, 4) is 11.5 Å². The maximum absolute atomic E-state index is 13.4. The summed E-state index contributed by atoms with van der Waals surface area (Å²) in [7, 11) is -6.67. The van der Waals surface area contributed by atoms with Gasteiger partial charge < -0.3 is 25.1 Å². The van der Waals surface area contributed by atoms with Crippen LogP contribution in [0.15, 0.2) is 71.6 Å². The molecule has 0 saturated carbocycles. The minimum atomic E-state index is -9.78. The summed E-state index contributed by atoms with van der Waals surface area (Å²) < 4.78 is 78.1. The van der Waals surface area contributed by atoms with Crippen LogP contribution in [0.2, 0.25) is 0 Å². The molecule has 0 amide bonds. The summed E-state index contributed by atoms with van der Waals surface area (Å²) in [6.45, 7) is 0.726. The van der Waals surface area contributed by atoms with Gasteiger partial charge in [-0.2, -0.15) is 0 Å². The van der Waals surface area contributed by atoms with Gasteiger partial charge in [0.05, 0.1) is 19.8 Å². The lowest BCUT2D eigenvalue weighted by molar-refractivity contribution is 0.152. The van der Waals surface area contributed by atoms with Gasteiger partial charge in [-0.05, 0) is 66.3 Å². The normalized spacial score (nSPS) is 24.8. The zero-order chi connectivity index (χ0) is 28.4. The lowest BCUT2D eigenvalue weighted by atomic mass is 9.72. The molecule has 3 heterocycles. The van der Waals surface area contributed by atoms with E-state index in [4.69, 9.17) is 9.47 Å². The smallest absolute Gasteiger partial charge is 0.310 e. The van der Waals surface area contributed by atoms with Crippen LogP contribution in [0.4, 0.5) is 19.4 Å².